The largest absolute Gasteiger partial charge is 0.493 e. The summed E-state index contributed by atoms with van der Waals surface area (Å²) in [5.41, 5.74) is 2.10. The van der Waals surface area contributed by atoms with Crippen LogP contribution in [0, 0.1) is 24.7 Å². The zero-order valence-corrected chi connectivity index (χ0v) is 25.4. The highest BCUT2D eigenvalue weighted by atomic mass is 16.5. The maximum atomic E-state index is 12.0. The van der Waals surface area contributed by atoms with Gasteiger partial charge in [0.05, 0.1) is 13.0 Å². The van der Waals surface area contributed by atoms with Gasteiger partial charge < -0.3 is 10.1 Å². The minimum Gasteiger partial charge on any atom is -0.493 e. The Hall–Kier alpha value is -2.73. The van der Waals surface area contributed by atoms with Crippen molar-refractivity contribution in [2.75, 3.05) is 6.61 Å². The van der Waals surface area contributed by atoms with Gasteiger partial charge in [-0.3, -0.25) is 4.79 Å². The number of hydrogen-bond donors (Lipinski definition) is 1. The summed E-state index contributed by atoms with van der Waals surface area (Å²) in [5.74, 6) is 2.33. The number of carbonyl (C=O) groups excluding carboxylic acids is 1. The molecule has 2 rings (SSSR count). The first-order valence-electron chi connectivity index (χ1n) is 13.8. The Labute approximate surface area is 225 Å². The zero-order chi connectivity index (χ0) is 28.8. The molecule has 0 fully saturated rings. The van der Waals surface area contributed by atoms with E-state index in [9.17, 15) is 4.79 Å². The van der Waals surface area contributed by atoms with Crippen LogP contribution in [0.25, 0.3) is 0 Å². The number of ether oxygens (including phenoxy) is 1. The Kier molecular flexibility index (Phi) is 36.2. The normalized spacial score (nSPS) is 9.39. The minimum absolute atomic E-state index is 0.0370. The Morgan fingerprint density at radius 1 is 0.806 bits per heavy atom. The first-order chi connectivity index (χ1) is 17.4. The number of hydrogen-bond acceptors (Lipinski definition) is 2. The maximum absolute atomic E-state index is 12.0. The zero-order valence-electron chi connectivity index (χ0n) is 25.4. The second kappa shape index (κ2) is 32.3. The number of benzene rings is 2. The van der Waals surface area contributed by atoms with Crippen LogP contribution in [0.3, 0.4) is 0 Å². The molecule has 0 bridgehead atoms. The molecule has 0 saturated carbocycles. The predicted molar refractivity (Wildman–Crippen MR) is 162 cm³/mol. The van der Waals surface area contributed by atoms with Gasteiger partial charge >= 0.3 is 0 Å². The molecule has 0 aliphatic heterocycles. The fraction of sp³-hybridized carbons (Fsp3) is 0.545. The van der Waals surface area contributed by atoms with Crippen LogP contribution in [0.2, 0.25) is 0 Å². The highest BCUT2D eigenvalue weighted by molar-refractivity contribution is 5.78. The molecule has 3 heteroatoms. The van der Waals surface area contributed by atoms with Crippen molar-refractivity contribution in [2.45, 2.75) is 102 Å². The van der Waals surface area contributed by atoms with Gasteiger partial charge in [0.1, 0.15) is 5.75 Å². The van der Waals surface area contributed by atoms with Crippen molar-refractivity contribution >= 4 is 5.91 Å². The van der Waals surface area contributed by atoms with Gasteiger partial charge in [0, 0.05) is 6.54 Å². The molecule has 3 nitrogen and oxygen atoms in total. The van der Waals surface area contributed by atoms with Gasteiger partial charge in [0.25, 0.3) is 0 Å². The average Bonchev–Trinajstić information content (AvgIpc) is 2.92. The summed E-state index contributed by atoms with van der Waals surface area (Å²) in [5, 5.41) is 2.95. The van der Waals surface area contributed by atoms with E-state index < -0.39 is 0 Å². The van der Waals surface area contributed by atoms with E-state index in [0.29, 0.717) is 18.9 Å². The van der Waals surface area contributed by atoms with Crippen LogP contribution >= 0.6 is 0 Å². The van der Waals surface area contributed by atoms with Crippen molar-refractivity contribution in [3.8, 4) is 18.6 Å². The summed E-state index contributed by atoms with van der Waals surface area (Å²) >= 11 is 0. The van der Waals surface area contributed by atoms with Crippen LogP contribution < -0.4 is 10.1 Å². The smallest absolute Gasteiger partial charge is 0.224 e. The van der Waals surface area contributed by atoms with E-state index in [2.05, 4.69) is 52.8 Å². The highest BCUT2D eigenvalue weighted by Gasteiger charge is 2.04. The quantitative estimate of drug-likeness (QED) is 0.349. The third-order valence-corrected chi connectivity index (χ3v) is 3.94. The third-order valence-electron chi connectivity index (χ3n) is 3.94. The van der Waals surface area contributed by atoms with E-state index in [1.165, 1.54) is 12.8 Å². The number of amides is 1. The van der Waals surface area contributed by atoms with Crippen LogP contribution in [0.5, 0.6) is 5.75 Å². The predicted octanol–water partition coefficient (Wildman–Crippen LogP) is 9.35. The maximum Gasteiger partial charge on any atom is 0.224 e. The number of nitrogens with one attached hydrogen (secondary N) is 1. The summed E-state index contributed by atoms with van der Waals surface area (Å²) in [6, 6.07) is 17.7. The summed E-state index contributed by atoms with van der Waals surface area (Å²) in [6.07, 6.45) is 10.8. The van der Waals surface area contributed by atoms with Crippen molar-refractivity contribution in [3.05, 3.63) is 65.7 Å². The molecule has 0 aliphatic rings. The van der Waals surface area contributed by atoms with Gasteiger partial charge in [0.2, 0.25) is 5.91 Å². The molecule has 1 unspecified atom stereocenters. The third kappa shape index (κ3) is 27.5. The van der Waals surface area contributed by atoms with E-state index >= 15 is 0 Å². The molecular formula is C33H57NO2. The molecule has 1 atom stereocenters. The van der Waals surface area contributed by atoms with E-state index in [1.54, 1.807) is 0 Å². The molecule has 0 aromatic heterocycles. The van der Waals surface area contributed by atoms with Crippen molar-refractivity contribution in [1.82, 2.24) is 5.32 Å². The van der Waals surface area contributed by atoms with E-state index in [-0.39, 0.29) is 5.91 Å². The Morgan fingerprint density at radius 2 is 1.28 bits per heavy atom. The molecule has 36 heavy (non-hydrogen) atoms. The van der Waals surface area contributed by atoms with Crippen molar-refractivity contribution in [2.24, 2.45) is 11.8 Å². The van der Waals surface area contributed by atoms with Crippen molar-refractivity contribution < 1.29 is 9.53 Å². The van der Waals surface area contributed by atoms with E-state index in [4.69, 9.17) is 4.74 Å². The number of rotatable bonds is 9. The Balaban J connectivity index is -0.000000367. The molecule has 0 aliphatic carbocycles. The van der Waals surface area contributed by atoms with Gasteiger partial charge in [-0.25, -0.2) is 0 Å². The SMILES string of the molecule is C#C.CC.CC.CC.CC(C)C.CCCC(C)COc1ccc(CNC(=O)Cc2ccccc2)cc1. The second-order valence-electron chi connectivity index (χ2n) is 8.02. The minimum atomic E-state index is 0.0370. The van der Waals surface area contributed by atoms with Gasteiger partial charge in [-0.15, -0.1) is 12.8 Å². The van der Waals surface area contributed by atoms with Crippen LogP contribution in [0.4, 0.5) is 0 Å². The van der Waals surface area contributed by atoms with Crippen LogP contribution in [-0.4, -0.2) is 12.5 Å². The van der Waals surface area contributed by atoms with Gasteiger partial charge in [0.15, 0.2) is 0 Å². The molecule has 0 heterocycles. The summed E-state index contributed by atoms with van der Waals surface area (Å²) in [7, 11) is 0. The Bertz CT molecular complexity index is 688. The fourth-order valence-corrected chi connectivity index (χ4v) is 2.56. The van der Waals surface area contributed by atoms with Crippen LogP contribution in [0.15, 0.2) is 54.6 Å². The lowest BCUT2D eigenvalue weighted by Gasteiger charge is -2.12. The monoisotopic (exact) mass is 499 g/mol. The first-order valence-corrected chi connectivity index (χ1v) is 13.8. The van der Waals surface area contributed by atoms with E-state index in [1.807, 2.05) is 96.1 Å². The van der Waals surface area contributed by atoms with Crippen LogP contribution in [-0.2, 0) is 17.8 Å². The lowest BCUT2D eigenvalue weighted by Crippen LogP contribution is -2.24. The summed E-state index contributed by atoms with van der Waals surface area (Å²) in [6.45, 7) is 24.2. The molecule has 2 aromatic rings. The first kappa shape index (κ1) is 40.4. The van der Waals surface area contributed by atoms with Gasteiger partial charge in [-0.2, -0.15) is 0 Å². The summed E-state index contributed by atoms with van der Waals surface area (Å²) < 4.78 is 5.79. The highest BCUT2D eigenvalue weighted by Crippen LogP contribution is 2.14. The number of terminal acetylenes is 1. The Morgan fingerprint density at radius 3 is 1.72 bits per heavy atom. The lowest BCUT2D eigenvalue weighted by molar-refractivity contribution is -0.120. The lowest BCUT2D eigenvalue weighted by atomic mass is 10.1. The van der Waals surface area contributed by atoms with Gasteiger partial charge in [-0.1, -0.05) is 125 Å². The van der Waals surface area contributed by atoms with Crippen molar-refractivity contribution in [1.29, 1.82) is 0 Å². The average molecular weight is 500 g/mol. The number of carbonyl (C=O) groups is 1. The summed E-state index contributed by atoms with van der Waals surface area (Å²) in [4.78, 5) is 12.0. The molecule has 0 spiro atoms. The van der Waals surface area contributed by atoms with Crippen molar-refractivity contribution in [3.63, 3.8) is 0 Å². The van der Waals surface area contributed by atoms with E-state index in [0.717, 1.165) is 29.4 Å². The molecule has 206 valence electrons. The standard InChI is InChI=1S/C21H27NO2.C4H10.3C2H6.C2H2/c1-3-7-17(2)16-24-20-12-10-19(11-13-20)15-22-21(23)14-18-8-5-4-6-9-18;1-4(2)3;4*1-2/h4-6,8-13,17H,3,7,14-16H2,1-2H3,(H,22,23);4H,1-3H3;3*1-2H3;1-2H. The molecule has 0 saturated heterocycles. The second-order valence-corrected chi connectivity index (χ2v) is 8.02. The molecule has 2 aromatic carbocycles. The van der Waals surface area contributed by atoms with Gasteiger partial charge in [-0.05, 0) is 41.5 Å². The molecule has 0 radical (unpaired) electrons. The molecular weight excluding hydrogens is 442 g/mol. The molecule has 1 N–H and O–H groups in total. The fourth-order valence-electron chi connectivity index (χ4n) is 2.56. The topological polar surface area (TPSA) is 38.3 Å². The molecule has 1 amide bonds. The van der Waals surface area contributed by atoms with Crippen LogP contribution in [0.1, 0.15) is 100 Å².